The van der Waals surface area contributed by atoms with Crippen molar-refractivity contribution in [2.75, 3.05) is 0 Å². The van der Waals surface area contributed by atoms with Crippen molar-refractivity contribution in [2.45, 2.75) is 72.6 Å². The standard InChI is InChI=1S/C31H37N3O6/c1-20(2)17-27-30(38)34(28(19-32(27)22(5)35)25-15-11-8-12-16-25)33(23(6)36)26(18-24-13-9-7-10-14-24)29(37)31(39)40-21(3)4/h7-16,19-21,26-27H,17-18H2,1-6H3/t26-,27?/m0/s1. The summed E-state index contributed by atoms with van der Waals surface area (Å²) in [5.74, 6) is -3.52. The highest BCUT2D eigenvalue weighted by Gasteiger charge is 2.46. The Labute approximate surface area is 235 Å². The molecule has 9 heteroatoms. The van der Waals surface area contributed by atoms with E-state index in [9.17, 15) is 24.0 Å². The van der Waals surface area contributed by atoms with Crippen LogP contribution in [0.2, 0.25) is 0 Å². The third kappa shape index (κ3) is 7.02. The lowest BCUT2D eigenvalue weighted by molar-refractivity contribution is -0.172. The maximum absolute atomic E-state index is 14.3. The molecule has 9 nitrogen and oxygen atoms in total. The smallest absolute Gasteiger partial charge is 0.377 e. The first-order chi connectivity index (χ1) is 18.9. The van der Waals surface area contributed by atoms with Crippen molar-refractivity contribution >= 4 is 35.2 Å². The van der Waals surface area contributed by atoms with Gasteiger partial charge in [-0.1, -0.05) is 74.5 Å². The highest BCUT2D eigenvalue weighted by atomic mass is 16.5. The highest BCUT2D eigenvalue weighted by Crippen LogP contribution is 2.33. The van der Waals surface area contributed by atoms with Gasteiger partial charge in [0.2, 0.25) is 11.8 Å². The third-order valence-electron chi connectivity index (χ3n) is 6.40. The molecule has 0 radical (unpaired) electrons. The van der Waals surface area contributed by atoms with Crippen LogP contribution in [-0.2, 0) is 35.1 Å². The molecule has 2 atom stereocenters. The molecule has 0 spiro atoms. The summed E-state index contributed by atoms with van der Waals surface area (Å²) in [6, 6.07) is 15.5. The number of carbonyl (C=O) groups is 5. The van der Waals surface area contributed by atoms with Gasteiger partial charge in [-0.15, -0.1) is 0 Å². The second kappa shape index (κ2) is 13.2. The highest BCUT2D eigenvalue weighted by molar-refractivity contribution is 6.36. The number of esters is 1. The van der Waals surface area contributed by atoms with E-state index in [1.807, 2.05) is 19.9 Å². The number of hydrogen-bond acceptors (Lipinski definition) is 6. The minimum Gasteiger partial charge on any atom is -0.457 e. The molecule has 40 heavy (non-hydrogen) atoms. The fourth-order valence-corrected chi connectivity index (χ4v) is 4.69. The molecule has 2 aromatic carbocycles. The molecule has 0 saturated heterocycles. The fraction of sp³-hybridized carbons (Fsp3) is 0.387. The van der Waals surface area contributed by atoms with Gasteiger partial charge < -0.3 is 9.64 Å². The predicted octanol–water partition coefficient (Wildman–Crippen LogP) is 3.99. The molecular formula is C31H37N3O6. The molecule has 212 valence electrons. The van der Waals surface area contributed by atoms with Crippen LogP contribution in [0.4, 0.5) is 0 Å². The molecule has 1 aliphatic heterocycles. The molecule has 1 heterocycles. The Morgan fingerprint density at radius 1 is 0.900 bits per heavy atom. The number of hydrogen-bond donors (Lipinski definition) is 0. The Morgan fingerprint density at radius 3 is 1.98 bits per heavy atom. The van der Waals surface area contributed by atoms with Crippen molar-refractivity contribution in [3.8, 4) is 0 Å². The largest absolute Gasteiger partial charge is 0.457 e. The molecule has 2 aromatic rings. The second-order valence-corrected chi connectivity index (χ2v) is 10.5. The summed E-state index contributed by atoms with van der Waals surface area (Å²) in [4.78, 5) is 68.4. The molecule has 0 saturated carbocycles. The lowest BCUT2D eigenvalue weighted by atomic mass is 9.97. The van der Waals surface area contributed by atoms with Crippen molar-refractivity contribution in [3.63, 3.8) is 0 Å². The first-order valence-electron chi connectivity index (χ1n) is 13.4. The Morgan fingerprint density at radius 2 is 1.48 bits per heavy atom. The summed E-state index contributed by atoms with van der Waals surface area (Å²) in [6.45, 7) is 9.72. The van der Waals surface area contributed by atoms with E-state index < -0.39 is 41.8 Å². The molecular weight excluding hydrogens is 510 g/mol. The van der Waals surface area contributed by atoms with Gasteiger partial charge in [0.15, 0.2) is 0 Å². The van der Waals surface area contributed by atoms with Crippen molar-refractivity contribution in [3.05, 3.63) is 78.0 Å². The van der Waals surface area contributed by atoms with Crippen LogP contribution >= 0.6 is 0 Å². The van der Waals surface area contributed by atoms with Crippen molar-refractivity contribution in [1.82, 2.24) is 14.9 Å². The number of nitrogens with zero attached hydrogens (tertiary/aromatic N) is 3. The van der Waals surface area contributed by atoms with Gasteiger partial charge in [-0.3, -0.25) is 19.2 Å². The summed E-state index contributed by atoms with van der Waals surface area (Å²) in [7, 11) is 0. The number of carbonyl (C=O) groups excluding carboxylic acids is 5. The van der Waals surface area contributed by atoms with Crippen molar-refractivity contribution < 1.29 is 28.7 Å². The lowest BCUT2D eigenvalue weighted by Crippen LogP contribution is -2.63. The number of ketones is 1. The molecule has 3 amide bonds. The van der Waals surface area contributed by atoms with E-state index in [4.69, 9.17) is 4.74 Å². The van der Waals surface area contributed by atoms with Crippen LogP contribution in [0.1, 0.15) is 59.1 Å². The Hall–Kier alpha value is -4.27. The van der Waals surface area contributed by atoms with Crippen molar-refractivity contribution in [2.24, 2.45) is 5.92 Å². The van der Waals surface area contributed by atoms with E-state index in [-0.39, 0.29) is 23.9 Å². The Balaban J connectivity index is 2.25. The molecule has 3 rings (SSSR count). The summed E-state index contributed by atoms with van der Waals surface area (Å²) in [5.41, 5.74) is 1.47. The average Bonchev–Trinajstić information content (AvgIpc) is 2.90. The minimum absolute atomic E-state index is 0.0381. The maximum Gasteiger partial charge on any atom is 0.377 e. The van der Waals surface area contributed by atoms with Crippen LogP contribution < -0.4 is 0 Å². The zero-order chi connectivity index (χ0) is 29.6. The fourth-order valence-electron chi connectivity index (χ4n) is 4.69. The van der Waals surface area contributed by atoms with E-state index in [1.165, 1.54) is 18.7 Å². The summed E-state index contributed by atoms with van der Waals surface area (Å²) in [5, 5.41) is 2.21. The van der Waals surface area contributed by atoms with Gasteiger partial charge in [-0.2, -0.15) is 0 Å². The van der Waals surface area contributed by atoms with E-state index in [0.717, 1.165) is 10.0 Å². The zero-order valence-electron chi connectivity index (χ0n) is 23.9. The summed E-state index contributed by atoms with van der Waals surface area (Å²) < 4.78 is 5.21. The van der Waals surface area contributed by atoms with Gasteiger partial charge in [-0.05, 0) is 31.7 Å². The lowest BCUT2D eigenvalue weighted by Gasteiger charge is -2.46. The number of benzene rings is 2. The van der Waals surface area contributed by atoms with E-state index in [2.05, 4.69) is 0 Å². The molecule has 0 aromatic heterocycles. The number of hydrazine groups is 1. The number of rotatable bonds is 10. The second-order valence-electron chi connectivity index (χ2n) is 10.5. The average molecular weight is 548 g/mol. The molecule has 0 bridgehead atoms. The van der Waals surface area contributed by atoms with Crippen LogP contribution in [0.25, 0.3) is 5.70 Å². The Bertz CT molecular complexity index is 1270. The minimum atomic E-state index is -1.38. The normalized spacial score (nSPS) is 16.1. The Kier molecular flexibility index (Phi) is 9.98. The molecule has 0 fully saturated rings. The first kappa shape index (κ1) is 30.3. The zero-order valence-corrected chi connectivity index (χ0v) is 23.9. The summed E-state index contributed by atoms with van der Waals surface area (Å²) >= 11 is 0. The van der Waals surface area contributed by atoms with E-state index >= 15 is 0 Å². The van der Waals surface area contributed by atoms with Gasteiger partial charge in [0, 0.05) is 32.0 Å². The number of Topliss-reactive ketones (excluding diaryl/α,β-unsaturated/α-hetero) is 1. The summed E-state index contributed by atoms with van der Waals surface area (Å²) in [6.07, 6.45) is 1.27. The topological polar surface area (TPSA) is 104 Å². The molecule has 1 aliphatic rings. The number of amides is 3. The first-order valence-corrected chi connectivity index (χ1v) is 13.4. The third-order valence-corrected chi connectivity index (χ3v) is 6.40. The van der Waals surface area contributed by atoms with Gasteiger partial charge in [0.25, 0.3) is 11.7 Å². The SMILES string of the molecule is CC(=O)N1C=C(c2ccccc2)N(N(C(C)=O)[C@@H](Cc2ccccc2)C(=O)C(=O)OC(C)C)C(=O)C1CC(C)C. The predicted molar refractivity (Wildman–Crippen MR) is 150 cm³/mol. The van der Waals surface area contributed by atoms with Crippen LogP contribution in [0.5, 0.6) is 0 Å². The van der Waals surface area contributed by atoms with E-state index in [1.54, 1.807) is 74.6 Å². The van der Waals surface area contributed by atoms with Crippen LogP contribution in [0.15, 0.2) is 66.9 Å². The van der Waals surface area contributed by atoms with Gasteiger partial charge in [-0.25, -0.2) is 14.8 Å². The molecule has 1 unspecified atom stereocenters. The van der Waals surface area contributed by atoms with Crippen molar-refractivity contribution in [1.29, 1.82) is 0 Å². The van der Waals surface area contributed by atoms with Crippen LogP contribution in [0, 0.1) is 5.92 Å². The van der Waals surface area contributed by atoms with Crippen LogP contribution in [0.3, 0.4) is 0 Å². The van der Waals surface area contributed by atoms with Gasteiger partial charge >= 0.3 is 5.97 Å². The number of ether oxygens (including phenoxy) is 1. The quantitative estimate of drug-likeness (QED) is 0.329. The van der Waals surface area contributed by atoms with Crippen LogP contribution in [-0.4, -0.2) is 62.6 Å². The maximum atomic E-state index is 14.3. The van der Waals surface area contributed by atoms with E-state index in [0.29, 0.717) is 17.5 Å². The van der Waals surface area contributed by atoms with Gasteiger partial charge in [0.1, 0.15) is 12.1 Å². The molecule has 0 N–H and O–H groups in total. The van der Waals surface area contributed by atoms with Gasteiger partial charge in [0.05, 0.1) is 11.8 Å². The molecule has 0 aliphatic carbocycles. The monoisotopic (exact) mass is 547 g/mol.